The second-order valence-electron chi connectivity index (χ2n) is 1.04. The zero-order chi connectivity index (χ0) is 6.41. The van der Waals surface area contributed by atoms with Crippen molar-refractivity contribution in [1.82, 2.24) is 0 Å². The molecule has 0 radical (unpaired) electrons. The first kappa shape index (κ1) is 7.98. The van der Waals surface area contributed by atoms with Gasteiger partial charge in [-0.25, -0.2) is 0 Å². The van der Waals surface area contributed by atoms with E-state index in [1.165, 1.54) is 0 Å². The van der Waals surface area contributed by atoms with E-state index in [9.17, 15) is 4.79 Å². The molecule has 0 aromatic heterocycles. The number of aldehydes is 1. The third-order valence-corrected chi connectivity index (χ3v) is 0.856. The fourth-order valence-electron chi connectivity index (χ4n) is 0.182. The van der Waals surface area contributed by atoms with Crippen molar-refractivity contribution in [3.63, 3.8) is 0 Å². The standard InChI is InChI=1S/C3H7O4P/c4-2-1-3-7-8(5)6/h2,5-6H,1,3H2. The molecule has 0 amide bonds. The van der Waals surface area contributed by atoms with Gasteiger partial charge in [-0.3, -0.25) is 0 Å². The molecule has 2 N–H and O–H groups in total. The molecule has 0 saturated heterocycles. The maximum atomic E-state index is 9.55. The Hall–Kier alpha value is -0.0200. The molecule has 0 aliphatic carbocycles. The third kappa shape index (κ3) is 5.98. The summed E-state index contributed by atoms with van der Waals surface area (Å²) < 4.78 is 4.23. The van der Waals surface area contributed by atoms with Gasteiger partial charge in [-0.2, -0.15) is 0 Å². The van der Waals surface area contributed by atoms with E-state index in [1.54, 1.807) is 0 Å². The summed E-state index contributed by atoms with van der Waals surface area (Å²) in [4.78, 5) is 25.7. The average molecular weight is 138 g/mol. The van der Waals surface area contributed by atoms with E-state index >= 15 is 0 Å². The topological polar surface area (TPSA) is 66.8 Å². The van der Waals surface area contributed by atoms with Crippen molar-refractivity contribution >= 4 is 14.9 Å². The van der Waals surface area contributed by atoms with Gasteiger partial charge in [0.05, 0.1) is 6.61 Å². The van der Waals surface area contributed by atoms with Crippen LogP contribution in [0.1, 0.15) is 6.42 Å². The number of carbonyl (C=O) groups is 1. The minimum atomic E-state index is -2.27. The highest BCUT2D eigenvalue weighted by Crippen LogP contribution is 2.23. The van der Waals surface area contributed by atoms with Gasteiger partial charge in [-0.05, 0) is 0 Å². The number of hydrogen-bond acceptors (Lipinski definition) is 4. The lowest BCUT2D eigenvalue weighted by Gasteiger charge is -1.97. The molecule has 0 aromatic rings. The van der Waals surface area contributed by atoms with Crippen LogP contribution in [0.3, 0.4) is 0 Å². The van der Waals surface area contributed by atoms with Crippen LogP contribution in [-0.2, 0) is 9.32 Å². The molecule has 0 saturated carbocycles. The second-order valence-corrected chi connectivity index (χ2v) is 1.80. The third-order valence-electron chi connectivity index (χ3n) is 0.442. The Bertz CT molecular complexity index is 64.3. The summed E-state index contributed by atoms with van der Waals surface area (Å²) in [5.41, 5.74) is 0. The summed E-state index contributed by atoms with van der Waals surface area (Å²) in [6.07, 6.45) is 0.860. The van der Waals surface area contributed by atoms with Gasteiger partial charge in [0, 0.05) is 6.42 Å². The van der Waals surface area contributed by atoms with Crippen LogP contribution < -0.4 is 0 Å². The average Bonchev–Trinajstić information content (AvgIpc) is 1.66. The SMILES string of the molecule is O=CCCOP(O)O. The lowest BCUT2D eigenvalue weighted by Crippen LogP contribution is -1.88. The maximum absolute atomic E-state index is 9.55. The fraction of sp³-hybridized carbons (Fsp3) is 0.667. The fourth-order valence-corrected chi connectivity index (χ4v) is 0.451. The van der Waals surface area contributed by atoms with Crippen LogP contribution >= 0.6 is 8.60 Å². The normalized spacial score (nSPS) is 9.88. The molecule has 0 aliphatic heterocycles. The largest absolute Gasteiger partial charge is 0.328 e. The van der Waals surface area contributed by atoms with Gasteiger partial charge < -0.3 is 19.1 Å². The van der Waals surface area contributed by atoms with Crippen LogP contribution in [0.2, 0.25) is 0 Å². The Morgan fingerprint density at radius 2 is 2.25 bits per heavy atom. The molecule has 5 heteroatoms. The lowest BCUT2D eigenvalue weighted by molar-refractivity contribution is -0.108. The van der Waals surface area contributed by atoms with Gasteiger partial charge in [-0.15, -0.1) is 0 Å². The summed E-state index contributed by atoms with van der Waals surface area (Å²) in [6.45, 7) is 0.0855. The summed E-state index contributed by atoms with van der Waals surface area (Å²) >= 11 is 0. The van der Waals surface area contributed by atoms with Crippen molar-refractivity contribution in [3.05, 3.63) is 0 Å². The number of rotatable bonds is 4. The first-order valence-corrected chi connectivity index (χ1v) is 3.18. The molecule has 0 unspecified atom stereocenters. The first-order valence-electron chi connectivity index (χ1n) is 2.02. The lowest BCUT2D eigenvalue weighted by atomic mass is 10.5. The summed E-state index contributed by atoms with van der Waals surface area (Å²) in [5, 5.41) is 0. The Kier molecular flexibility index (Phi) is 5.11. The second kappa shape index (κ2) is 5.12. The zero-order valence-electron chi connectivity index (χ0n) is 4.15. The molecular weight excluding hydrogens is 131 g/mol. The molecule has 0 aromatic carbocycles. The van der Waals surface area contributed by atoms with Gasteiger partial charge in [0.25, 0.3) is 0 Å². The highest BCUT2D eigenvalue weighted by molar-refractivity contribution is 7.39. The van der Waals surface area contributed by atoms with Crippen molar-refractivity contribution in [3.8, 4) is 0 Å². The van der Waals surface area contributed by atoms with Crippen molar-refractivity contribution in [2.75, 3.05) is 6.61 Å². The van der Waals surface area contributed by atoms with Crippen molar-refractivity contribution in [2.24, 2.45) is 0 Å². The van der Waals surface area contributed by atoms with Gasteiger partial charge >= 0.3 is 8.60 Å². The highest BCUT2D eigenvalue weighted by atomic mass is 31.2. The molecule has 0 aliphatic rings. The van der Waals surface area contributed by atoms with Crippen LogP contribution in [0.15, 0.2) is 0 Å². The quantitative estimate of drug-likeness (QED) is 0.321. The smallest absolute Gasteiger partial charge is 0.327 e. The number of hydrogen-bond donors (Lipinski definition) is 2. The highest BCUT2D eigenvalue weighted by Gasteiger charge is 1.95. The van der Waals surface area contributed by atoms with Crippen LogP contribution in [0.5, 0.6) is 0 Å². The molecule has 4 nitrogen and oxygen atoms in total. The van der Waals surface area contributed by atoms with E-state index in [0.29, 0.717) is 6.29 Å². The van der Waals surface area contributed by atoms with E-state index in [4.69, 9.17) is 9.79 Å². The molecular formula is C3H7O4P. The van der Waals surface area contributed by atoms with Crippen molar-refractivity contribution in [1.29, 1.82) is 0 Å². The van der Waals surface area contributed by atoms with E-state index in [0.717, 1.165) is 0 Å². The molecule has 8 heavy (non-hydrogen) atoms. The Balaban J connectivity index is 2.81. The summed E-state index contributed by atoms with van der Waals surface area (Å²) in [6, 6.07) is 0. The molecule has 0 bridgehead atoms. The molecule has 0 spiro atoms. The predicted molar refractivity (Wildman–Crippen MR) is 28.0 cm³/mol. The minimum Gasteiger partial charge on any atom is -0.328 e. The van der Waals surface area contributed by atoms with Gasteiger partial charge in [0.2, 0.25) is 0 Å². The van der Waals surface area contributed by atoms with Crippen LogP contribution in [0.4, 0.5) is 0 Å². The summed E-state index contributed by atoms with van der Waals surface area (Å²) in [5.74, 6) is 0. The first-order chi connectivity index (χ1) is 3.77. The van der Waals surface area contributed by atoms with Crippen LogP contribution in [-0.4, -0.2) is 22.7 Å². The van der Waals surface area contributed by atoms with Crippen molar-refractivity contribution < 1.29 is 19.1 Å². The molecule has 0 fully saturated rings. The Morgan fingerprint density at radius 3 is 2.62 bits per heavy atom. The molecule has 0 rings (SSSR count). The van der Waals surface area contributed by atoms with Gasteiger partial charge in [0.1, 0.15) is 6.29 Å². The monoisotopic (exact) mass is 138 g/mol. The van der Waals surface area contributed by atoms with E-state index < -0.39 is 8.60 Å². The minimum absolute atomic E-state index is 0.0855. The Morgan fingerprint density at radius 1 is 1.62 bits per heavy atom. The van der Waals surface area contributed by atoms with Crippen LogP contribution in [0, 0.1) is 0 Å². The molecule has 0 heterocycles. The van der Waals surface area contributed by atoms with E-state index in [-0.39, 0.29) is 13.0 Å². The number of carbonyl (C=O) groups excluding carboxylic acids is 1. The zero-order valence-corrected chi connectivity index (χ0v) is 5.04. The van der Waals surface area contributed by atoms with Crippen LogP contribution in [0.25, 0.3) is 0 Å². The van der Waals surface area contributed by atoms with Crippen molar-refractivity contribution in [2.45, 2.75) is 6.42 Å². The molecule has 0 atom stereocenters. The molecule has 48 valence electrons. The van der Waals surface area contributed by atoms with Gasteiger partial charge in [-0.1, -0.05) is 0 Å². The maximum Gasteiger partial charge on any atom is 0.327 e. The van der Waals surface area contributed by atoms with E-state index in [2.05, 4.69) is 4.52 Å². The predicted octanol–water partition coefficient (Wildman–Crippen LogP) is -0.197. The summed E-state index contributed by atoms with van der Waals surface area (Å²) in [7, 11) is -2.27. The van der Waals surface area contributed by atoms with Gasteiger partial charge in [0.15, 0.2) is 0 Å². The van der Waals surface area contributed by atoms with E-state index in [1.807, 2.05) is 0 Å². The Labute approximate surface area is 48.1 Å².